The zero-order valence-electron chi connectivity index (χ0n) is 15.5. The van der Waals surface area contributed by atoms with Crippen LogP contribution in [0.25, 0.3) is 5.69 Å². The third-order valence-corrected chi connectivity index (χ3v) is 4.09. The average molecular weight is 421 g/mol. The maximum Gasteiger partial charge on any atom is 0.435 e. The van der Waals surface area contributed by atoms with Crippen molar-refractivity contribution in [2.24, 2.45) is 0 Å². The molecule has 7 nitrogen and oxygen atoms in total. The van der Waals surface area contributed by atoms with Crippen LogP contribution in [0.1, 0.15) is 32.1 Å². The van der Waals surface area contributed by atoms with Crippen molar-refractivity contribution in [3.8, 4) is 5.69 Å². The summed E-state index contributed by atoms with van der Waals surface area (Å²) in [6, 6.07) is 10.4. The molecule has 0 saturated heterocycles. The molecule has 0 saturated carbocycles. The predicted octanol–water partition coefficient (Wildman–Crippen LogP) is 2.71. The van der Waals surface area contributed by atoms with Gasteiger partial charge in [-0.3, -0.25) is 9.59 Å². The van der Waals surface area contributed by atoms with Crippen LogP contribution in [-0.4, -0.2) is 33.9 Å². The average Bonchev–Trinajstić information content (AvgIpc) is 3.18. The van der Waals surface area contributed by atoms with Gasteiger partial charge in [-0.25, -0.2) is 9.07 Å². The highest BCUT2D eigenvalue weighted by molar-refractivity contribution is 5.94. The van der Waals surface area contributed by atoms with Crippen molar-refractivity contribution in [2.75, 3.05) is 7.05 Å². The van der Waals surface area contributed by atoms with Crippen molar-refractivity contribution in [1.29, 1.82) is 0 Å². The summed E-state index contributed by atoms with van der Waals surface area (Å²) in [5.74, 6) is -2.07. The largest absolute Gasteiger partial charge is 0.435 e. The molecule has 1 aromatic heterocycles. The molecule has 30 heavy (non-hydrogen) atoms. The number of carbonyl (C=O) groups is 2. The molecule has 0 aliphatic carbocycles. The molecule has 0 spiro atoms. The second-order valence-electron chi connectivity index (χ2n) is 6.13. The summed E-state index contributed by atoms with van der Waals surface area (Å²) in [6.07, 6.45) is -4.94. The van der Waals surface area contributed by atoms with E-state index in [9.17, 15) is 27.2 Å². The number of rotatable bonds is 5. The quantitative estimate of drug-likeness (QED) is 0.620. The molecule has 0 aliphatic rings. The van der Waals surface area contributed by atoms with Gasteiger partial charge < -0.3 is 10.6 Å². The molecule has 11 heteroatoms. The number of alkyl halides is 3. The monoisotopic (exact) mass is 421 g/mol. The minimum Gasteiger partial charge on any atom is -0.355 e. The molecule has 0 fully saturated rings. The summed E-state index contributed by atoms with van der Waals surface area (Å²) in [5, 5.41) is 11.6. The van der Waals surface area contributed by atoms with Gasteiger partial charge in [0.2, 0.25) is 0 Å². The van der Waals surface area contributed by atoms with E-state index in [2.05, 4.69) is 20.9 Å². The SMILES string of the molecule is CNC(=O)c1cccc(CNC(=O)c2nnn(-c3ccc(F)cc3)c2C(F)(F)F)c1. The maximum absolute atomic E-state index is 13.6. The van der Waals surface area contributed by atoms with Crippen molar-refractivity contribution in [2.45, 2.75) is 12.7 Å². The Morgan fingerprint density at radius 2 is 1.77 bits per heavy atom. The molecule has 0 atom stereocenters. The summed E-state index contributed by atoms with van der Waals surface area (Å²) >= 11 is 0. The lowest BCUT2D eigenvalue weighted by Gasteiger charge is -2.11. The molecule has 3 aromatic rings. The number of aromatic nitrogens is 3. The lowest BCUT2D eigenvalue weighted by Crippen LogP contribution is -2.27. The first-order valence-electron chi connectivity index (χ1n) is 8.58. The minimum atomic E-state index is -4.94. The van der Waals surface area contributed by atoms with Gasteiger partial charge in [-0.1, -0.05) is 17.3 Å². The number of carbonyl (C=O) groups excluding carboxylic acids is 2. The van der Waals surface area contributed by atoms with E-state index in [1.54, 1.807) is 18.2 Å². The summed E-state index contributed by atoms with van der Waals surface area (Å²) in [7, 11) is 1.46. The van der Waals surface area contributed by atoms with Crippen molar-refractivity contribution in [3.63, 3.8) is 0 Å². The first kappa shape index (κ1) is 21.0. The van der Waals surface area contributed by atoms with Crippen molar-refractivity contribution in [1.82, 2.24) is 25.6 Å². The summed E-state index contributed by atoms with van der Waals surface area (Å²) in [5.41, 5.74) is -1.57. The number of benzene rings is 2. The van der Waals surface area contributed by atoms with Crippen LogP contribution in [0.4, 0.5) is 17.6 Å². The fraction of sp³-hybridized carbons (Fsp3) is 0.158. The molecule has 2 N–H and O–H groups in total. The lowest BCUT2D eigenvalue weighted by atomic mass is 10.1. The van der Waals surface area contributed by atoms with Crippen molar-refractivity contribution < 1.29 is 27.2 Å². The van der Waals surface area contributed by atoms with Crippen LogP contribution >= 0.6 is 0 Å². The number of nitrogens with zero attached hydrogens (tertiary/aromatic N) is 3. The van der Waals surface area contributed by atoms with Crippen LogP contribution in [0.5, 0.6) is 0 Å². The number of nitrogens with one attached hydrogen (secondary N) is 2. The van der Waals surface area contributed by atoms with Crippen LogP contribution in [0, 0.1) is 5.82 Å². The van der Waals surface area contributed by atoms with Gasteiger partial charge in [0.05, 0.1) is 5.69 Å². The number of hydrogen-bond donors (Lipinski definition) is 2. The molecule has 0 unspecified atom stereocenters. The Labute approximate surface area is 167 Å². The zero-order valence-corrected chi connectivity index (χ0v) is 15.5. The second-order valence-corrected chi connectivity index (χ2v) is 6.13. The van der Waals surface area contributed by atoms with Crippen molar-refractivity contribution in [3.05, 3.63) is 76.9 Å². The van der Waals surface area contributed by atoms with Gasteiger partial charge in [-0.2, -0.15) is 13.2 Å². The normalized spacial score (nSPS) is 11.2. The molecule has 2 aromatic carbocycles. The summed E-state index contributed by atoms with van der Waals surface area (Å²) in [4.78, 5) is 24.1. The van der Waals surface area contributed by atoms with Crippen LogP contribution in [0.15, 0.2) is 48.5 Å². The van der Waals surface area contributed by atoms with E-state index in [-0.39, 0.29) is 18.1 Å². The van der Waals surface area contributed by atoms with Gasteiger partial charge in [-0.15, -0.1) is 5.10 Å². The van der Waals surface area contributed by atoms with E-state index >= 15 is 0 Å². The minimum absolute atomic E-state index is 0.103. The Balaban J connectivity index is 1.86. The van der Waals surface area contributed by atoms with E-state index < -0.39 is 29.3 Å². The first-order chi connectivity index (χ1) is 14.2. The smallest absolute Gasteiger partial charge is 0.355 e. The van der Waals surface area contributed by atoms with Crippen LogP contribution in [-0.2, 0) is 12.7 Å². The maximum atomic E-state index is 13.6. The topological polar surface area (TPSA) is 88.9 Å². The van der Waals surface area contributed by atoms with E-state index in [0.29, 0.717) is 15.8 Å². The Morgan fingerprint density at radius 3 is 2.40 bits per heavy atom. The number of hydrogen-bond acceptors (Lipinski definition) is 4. The molecule has 3 rings (SSSR count). The Morgan fingerprint density at radius 1 is 1.07 bits per heavy atom. The molecular formula is C19H15F4N5O2. The zero-order chi connectivity index (χ0) is 21.9. The second kappa shape index (κ2) is 8.31. The first-order valence-corrected chi connectivity index (χ1v) is 8.58. The number of amides is 2. The van der Waals surface area contributed by atoms with Crippen LogP contribution in [0.2, 0.25) is 0 Å². The highest BCUT2D eigenvalue weighted by atomic mass is 19.4. The van der Waals surface area contributed by atoms with Gasteiger partial charge in [0, 0.05) is 19.2 Å². The van der Waals surface area contributed by atoms with E-state index in [4.69, 9.17) is 0 Å². The third-order valence-electron chi connectivity index (χ3n) is 4.09. The van der Waals surface area contributed by atoms with E-state index in [0.717, 1.165) is 24.3 Å². The molecular weight excluding hydrogens is 406 g/mol. The highest BCUT2D eigenvalue weighted by Gasteiger charge is 2.42. The van der Waals surface area contributed by atoms with Crippen LogP contribution < -0.4 is 10.6 Å². The number of halogens is 4. The fourth-order valence-corrected chi connectivity index (χ4v) is 2.69. The fourth-order valence-electron chi connectivity index (χ4n) is 2.69. The third kappa shape index (κ3) is 4.45. The van der Waals surface area contributed by atoms with Gasteiger partial charge in [0.15, 0.2) is 11.4 Å². The molecule has 0 radical (unpaired) electrons. The summed E-state index contributed by atoms with van der Waals surface area (Å²) < 4.78 is 54.3. The predicted molar refractivity (Wildman–Crippen MR) is 97.3 cm³/mol. The highest BCUT2D eigenvalue weighted by Crippen LogP contribution is 2.32. The van der Waals surface area contributed by atoms with Gasteiger partial charge in [-0.05, 0) is 42.0 Å². The Kier molecular flexibility index (Phi) is 5.81. The van der Waals surface area contributed by atoms with E-state index in [1.807, 2.05) is 0 Å². The van der Waals surface area contributed by atoms with E-state index in [1.165, 1.54) is 13.1 Å². The van der Waals surface area contributed by atoms with Crippen LogP contribution in [0.3, 0.4) is 0 Å². The molecule has 0 bridgehead atoms. The Bertz CT molecular complexity index is 1080. The van der Waals surface area contributed by atoms with Crippen molar-refractivity contribution >= 4 is 11.8 Å². The van der Waals surface area contributed by atoms with Gasteiger partial charge in [0.25, 0.3) is 11.8 Å². The molecule has 1 heterocycles. The molecule has 0 aliphatic heterocycles. The standard InChI is InChI=1S/C19H15F4N5O2/c1-24-17(29)12-4-2-3-11(9-12)10-25-18(30)15-16(19(21,22)23)28(27-26-15)14-7-5-13(20)6-8-14/h2-9H,10H2,1H3,(H,24,29)(H,25,30). The lowest BCUT2D eigenvalue weighted by molar-refractivity contribution is -0.143. The Hall–Kier alpha value is -3.76. The molecule has 2 amide bonds. The van der Waals surface area contributed by atoms with Gasteiger partial charge in [0.1, 0.15) is 5.82 Å². The molecule has 156 valence electrons. The summed E-state index contributed by atoms with van der Waals surface area (Å²) in [6.45, 7) is -0.135. The van der Waals surface area contributed by atoms with Gasteiger partial charge >= 0.3 is 6.18 Å².